The molecule has 1 aromatic carbocycles. The highest BCUT2D eigenvalue weighted by molar-refractivity contribution is 6.42. The van der Waals surface area contributed by atoms with Gasteiger partial charge in [-0.25, -0.2) is 9.97 Å². The lowest BCUT2D eigenvalue weighted by Crippen LogP contribution is -2.29. The van der Waals surface area contributed by atoms with Crippen molar-refractivity contribution in [3.05, 3.63) is 59.4 Å². The predicted octanol–water partition coefficient (Wildman–Crippen LogP) is 4.29. The first kappa shape index (κ1) is 19.4. The third kappa shape index (κ3) is 4.26. The van der Waals surface area contributed by atoms with Gasteiger partial charge in [0.2, 0.25) is 17.7 Å². The number of halogens is 2. The first-order valence-corrected chi connectivity index (χ1v) is 9.62. The number of ether oxygens (including phenoxy) is 2. The van der Waals surface area contributed by atoms with E-state index in [9.17, 15) is 4.79 Å². The fraction of sp³-hybridized carbons (Fsp3) is 0.200. The summed E-state index contributed by atoms with van der Waals surface area (Å²) < 4.78 is 11.8. The predicted molar refractivity (Wildman–Crippen MR) is 110 cm³/mol. The van der Waals surface area contributed by atoms with Crippen LogP contribution in [0.4, 0.5) is 0 Å². The molecule has 0 bridgehead atoms. The van der Waals surface area contributed by atoms with Crippen LogP contribution < -0.4 is 9.47 Å². The normalized spacial score (nSPS) is 16.1. The maximum Gasteiger partial charge on any atom is 0.249 e. The summed E-state index contributed by atoms with van der Waals surface area (Å²) in [5.74, 6) is 1.05. The van der Waals surface area contributed by atoms with Crippen LogP contribution in [0.1, 0.15) is 6.42 Å². The molecule has 7 nitrogen and oxygen atoms in total. The van der Waals surface area contributed by atoms with Crippen LogP contribution in [0.5, 0.6) is 17.5 Å². The zero-order valence-electron chi connectivity index (χ0n) is 15.2. The lowest BCUT2D eigenvalue weighted by molar-refractivity contribution is -0.125. The van der Waals surface area contributed by atoms with Gasteiger partial charge in [-0.15, -0.1) is 0 Å². The van der Waals surface area contributed by atoms with Crippen molar-refractivity contribution in [1.82, 2.24) is 19.9 Å². The molecule has 2 aromatic heterocycles. The Kier molecular flexibility index (Phi) is 5.51. The van der Waals surface area contributed by atoms with E-state index in [0.717, 1.165) is 6.42 Å². The molecule has 3 aromatic rings. The average molecular weight is 431 g/mol. The Morgan fingerprint density at radius 3 is 2.86 bits per heavy atom. The Labute approximate surface area is 176 Å². The van der Waals surface area contributed by atoms with Crippen molar-refractivity contribution in [3.63, 3.8) is 0 Å². The van der Waals surface area contributed by atoms with E-state index < -0.39 is 0 Å². The van der Waals surface area contributed by atoms with Crippen LogP contribution in [0.25, 0.3) is 11.0 Å². The van der Waals surface area contributed by atoms with E-state index in [1.807, 2.05) is 0 Å². The van der Waals surface area contributed by atoms with Crippen molar-refractivity contribution < 1.29 is 14.3 Å². The number of carbonyl (C=O) groups is 1. The molecule has 148 valence electrons. The fourth-order valence-electron chi connectivity index (χ4n) is 3.02. The minimum Gasteiger partial charge on any atom is -0.472 e. The molecule has 4 rings (SSSR count). The minimum atomic E-state index is -0.145. The number of amides is 1. The number of carbonyl (C=O) groups excluding carboxylic acids is 1. The van der Waals surface area contributed by atoms with Gasteiger partial charge in [0.15, 0.2) is 5.52 Å². The Hall–Kier alpha value is -2.90. The lowest BCUT2D eigenvalue weighted by atomic mass is 10.3. The molecule has 1 amide bonds. The van der Waals surface area contributed by atoms with Crippen molar-refractivity contribution in [2.24, 2.45) is 0 Å². The monoisotopic (exact) mass is 430 g/mol. The summed E-state index contributed by atoms with van der Waals surface area (Å²) in [4.78, 5) is 26.3. The van der Waals surface area contributed by atoms with E-state index in [1.54, 1.807) is 35.2 Å². The van der Waals surface area contributed by atoms with E-state index in [2.05, 4.69) is 21.5 Å². The van der Waals surface area contributed by atoms with Gasteiger partial charge in [0, 0.05) is 25.1 Å². The van der Waals surface area contributed by atoms with Gasteiger partial charge in [0.05, 0.1) is 22.1 Å². The van der Waals surface area contributed by atoms with Crippen molar-refractivity contribution in [2.45, 2.75) is 12.5 Å². The third-order valence-electron chi connectivity index (χ3n) is 4.45. The van der Waals surface area contributed by atoms with Crippen LogP contribution in [0.3, 0.4) is 0 Å². The fourth-order valence-corrected chi connectivity index (χ4v) is 3.30. The molecule has 0 saturated carbocycles. The minimum absolute atomic E-state index is 0.103. The molecule has 9 heteroatoms. The topological polar surface area (TPSA) is 77.4 Å². The number of fused-ring (bicyclic) bond motifs is 1. The summed E-state index contributed by atoms with van der Waals surface area (Å²) in [6.07, 6.45) is 3.28. The molecule has 1 saturated heterocycles. The molecule has 29 heavy (non-hydrogen) atoms. The number of likely N-dealkylation sites (tertiary alicyclic amines) is 1. The van der Waals surface area contributed by atoms with Crippen LogP contribution in [0, 0.1) is 0 Å². The molecule has 1 aliphatic rings. The maximum atomic E-state index is 11.7. The van der Waals surface area contributed by atoms with Gasteiger partial charge < -0.3 is 14.4 Å². The molecular weight excluding hydrogens is 415 g/mol. The highest BCUT2D eigenvalue weighted by Crippen LogP contribution is 2.31. The number of pyridine rings is 1. The quantitative estimate of drug-likeness (QED) is 0.561. The van der Waals surface area contributed by atoms with E-state index in [-0.39, 0.29) is 17.9 Å². The van der Waals surface area contributed by atoms with Gasteiger partial charge in [0.25, 0.3) is 0 Å². The summed E-state index contributed by atoms with van der Waals surface area (Å²) in [5.41, 5.74) is 1.06. The summed E-state index contributed by atoms with van der Waals surface area (Å²) in [7, 11) is 0. The second-order valence-electron chi connectivity index (χ2n) is 6.39. The summed E-state index contributed by atoms with van der Waals surface area (Å²) in [5, 5.41) is 0.806. The standard InChI is InChI=1S/C20H16Cl2N4O3/c1-2-18(27)26-8-7-13(10-26)28-17-6-5-16-19(25-17)20(24-11-23-16)29-12-3-4-14(21)15(22)9-12/h2-6,9,11,13H,1,7-8,10H2. The first-order chi connectivity index (χ1) is 14.0. The Morgan fingerprint density at radius 1 is 1.21 bits per heavy atom. The van der Waals surface area contributed by atoms with Gasteiger partial charge in [-0.1, -0.05) is 29.8 Å². The van der Waals surface area contributed by atoms with E-state index in [1.165, 1.54) is 12.4 Å². The van der Waals surface area contributed by atoms with Crippen LogP contribution in [0.15, 0.2) is 49.3 Å². The Balaban J connectivity index is 1.57. The largest absolute Gasteiger partial charge is 0.472 e. The van der Waals surface area contributed by atoms with Gasteiger partial charge >= 0.3 is 0 Å². The van der Waals surface area contributed by atoms with E-state index in [4.69, 9.17) is 32.7 Å². The molecule has 0 radical (unpaired) electrons. The highest BCUT2D eigenvalue weighted by Gasteiger charge is 2.26. The molecule has 3 heterocycles. The van der Waals surface area contributed by atoms with E-state index >= 15 is 0 Å². The zero-order chi connectivity index (χ0) is 20.4. The molecule has 1 unspecified atom stereocenters. The van der Waals surface area contributed by atoms with Gasteiger partial charge in [0.1, 0.15) is 18.2 Å². The Morgan fingerprint density at radius 2 is 2.07 bits per heavy atom. The molecular formula is C20H16Cl2N4O3. The van der Waals surface area contributed by atoms with E-state index in [0.29, 0.717) is 45.8 Å². The van der Waals surface area contributed by atoms with Crippen molar-refractivity contribution in [1.29, 1.82) is 0 Å². The van der Waals surface area contributed by atoms with Crippen LogP contribution in [-0.4, -0.2) is 45.0 Å². The van der Waals surface area contributed by atoms with Crippen molar-refractivity contribution in [3.8, 4) is 17.5 Å². The zero-order valence-corrected chi connectivity index (χ0v) is 16.7. The SMILES string of the molecule is C=CC(=O)N1CCC(Oc2ccc3ncnc(Oc4ccc(Cl)c(Cl)c4)c3n2)C1. The summed E-state index contributed by atoms with van der Waals surface area (Å²) in [6, 6.07) is 8.44. The Bertz CT molecular complexity index is 1090. The number of hydrogen-bond donors (Lipinski definition) is 0. The van der Waals surface area contributed by atoms with Crippen LogP contribution in [0.2, 0.25) is 10.0 Å². The number of aromatic nitrogens is 3. The molecule has 0 N–H and O–H groups in total. The molecule has 1 aliphatic heterocycles. The molecule has 1 atom stereocenters. The molecule has 1 fully saturated rings. The second-order valence-corrected chi connectivity index (χ2v) is 7.21. The first-order valence-electron chi connectivity index (χ1n) is 8.86. The van der Waals surface area contributed by atoms with Crippen molar-refractivity contribution in [2.75, 3.05) is 13.1 Å². The average Bonchev–Trinajstić information content (AvgIpc) is 3.19. The van der Waals surface area contributed by atoms with Crippen LogP contribution >= 0.6 is 23.2 Å². The lowest BCUT2D eigenvalue weighted by Gasteiger charge is -2.15. The number of hydrogen-bond acceptors (Lipinski definition) is 6. The van der Waals surface area contributed by atoms with Gasteiger partial charge in [-0.2, -0.15) is 4.98 Å². The summed E-state index contributed by atoms with van der Waals surface area (Å²) in [6.45, 7) is 4.63. The van der Waals surface area contributed by atoms with Crippen molar-refractivity contribution >= 4 is 40.1 Å². The smallest absolute Gasteiger partial charge is 0.249 e. The highest BCUT2D eigenvalue weighted by atomic mass is 35.5. The number of benzene rings is 1. The third-order valence-corrected chi connectivity index (χ3v) is 5.19. The van der Waals surface area contributed by atoms with Gasteiger partial charge in [-0.05, 0) is 24.3 Å². The maximum absolute atomic E-state index is 11.7. The van der Waals surface area contributed by atoms with Gasteiger partial charge in [-0.3, -0.25) is 4.79 Å². The number of rotatable bonds is 5. The molecule has 0 aliphatic carbocycles. The van der Waals surface area contributed by atoms with Crippen LogP contribution in [-0.2, 0) is 4.79 Å². The molecule has 0 spiro atoms. The number of nitrogens with zero attached hydrogens (tertiary/aromatic N) is 4. The summed E-state index contributed by atoms with van der Waals surface area (Å²) >= 11 is 12.0. The second kappa shape index (κ2) is 8.23.